The minimum atomic E-state index is -0.504. The molecule has 0 aromatic heterocycles. The molecule has 2 nitrogen and oxygen atoms in total. The Balaban J connectivity index is 3.15. The number of carbonyl (C=O) groups excluding carboxylic acids is 1. The first-order valence-corrected chi connectivity index (χ1v) is 4.15. The molecule has 60 valence electrons. The summed E-state index contributed by atoms with van der Waals surface area (Å²) in [5.41, 5.74) is 1.47. The first-order chi connectivity index (χ1) is 5.65. The van der Waals surface area contributed by atoms with E-state index in [-0.39, 0.29) is 0 Å². The van der Waals surface area contributed by atoms with Crippen molar-refractivity contribution in [2.45, 2.75) is 6.92 Å². The van der Waals surface area contributed by atoms with E-state index in [2.05, 4.69) is 15.9 Å². The first kappa shape index (κ1) is 8.95. The SMILES string of the molecule is Cc1ccc(C(=O)C#N)cc1Br. The molecule has 3 heteroatoms. The lowest BCUT2D eigenvalue weighted by Gasteiger charge is -1.98. The van der Waals surface area contributed by atoms with Crippen LogP contribution in [0.15, 0.2) is 22.7 Å². The molecule has 0 N–H and O–H groups in total. The topological polar surface area (TPSA) is 40.9 Å². The fourth-order valence-corrected chi connectivity index (χ4v) is 1.18. The van der Waals surface area contributed by atoms with Gasteiger partial charge >= 0.3 is 0 Å². The third kappa shape index (κ3) is 1.72. The van der Waals surface area contributed by atoms with Crippen LogP contribution in [0.25, 0.3) is 0 Å². The number of benzene rings is 1. The van der Waals surface area contributed by atoms with Crippen LogP contribution in [-0.4, -0.2) is 5.78 Å². The molecule has 0 bridgehead atoms. The number of hydrogen-bond acceptors (Lipinski definition) is 2. The number of carbonyl (C=O) groups is 1. The molecule has 0 spiro atoms. The van der Waals surface area contributed by atoms with Crippen molar-refractivity contribution in [2.75, 3.05) is 0 Å². The normalized spacial score (nSPS) is 9.08. The summed E-state index contributed by atoms with van der Waals surface area (Å²) in [4.78, 5) is 10.9. The summed E-state index contributed by atoms with van der Waals surface area (Å²) in [6, 6.07) is 6.67. The molecule has 0 amide bonds. The van der Waals surface area contributed by atoms with E-state index in [9.17, 15) is 4.79 Å². The Kier molecular flexibility index (Phi) is 2.61. The highest BCUT2D eigenvalue weighted by Gasteiger charge is 2.04. The number of nitrogens with zero attached hydrogens (tertiary/aromatic N) is 1. The van der Waals surface area contributed by atoms with E-state index >= 15 is 0 Å². The van der Waals surface area contributed by atoms with Crippen LogP contribution in [0.1, 0.15) is 15.9 Å². The van der Waals surface area contributed by atoms with Crippen molar-refractivity contribution in [2.24, 2.45) is 0 Å². The van der Waals surface area contributed by atoms with Crippen LogP contribution in [0, 0.1) is 18.3 Å². The molecule has 0 radical (unpaired) electrons. The Morgan fingerprint density at radius 1 is 1.58 bits per heavy atom. The number of hydrogen-bond donors (Lipinski definition) is 0. The number of halogens is 1. The predicted octanol–water partition coefficient (Wildman–Crippen LogP) is 2.46. The van der Waals surface area contributed by atoms with Gasteiger partial charge in [0.05, 0.1) is 0 Å². The molecule has 0 aliphatic heterocycles. The second kappa shape index (κ2) is 3.51. The average molecular weight is 224 g/mol. The van der Waals surface area contributed by atoms with Crippen molar-refractivity contribution in [1.29, 1.82) is 5.26 Å². The van der Waals surface area contributed by atoms with E-state index in [4.69, 9.17) is 5.26 Å². The molecule has 1 aromatic rings. The fraction of sp³-hybridized carbons (Fsp3) is 0.111. The van der Waals surface area contributed by atoms with Crippen molar-refractivity contribution in [3.05, 3.63) is 33.8 Å². The van der Waals surface area contributed by atoms with Gasteiger partial charge in [-0.3, -0.25) is 4.79 Å². The Morgan fingerprint density at radius 2 is 2.25 bits per heavy atom. The summed E-state index contributed by atoms with van der Waals surface area (Å²) < 4.78 is 0.851. The van der Waals surface area contributed by atoms with E-state index < -0.39 is 5.78 Å². The maximum atomic E-state index is 10.9. The van der Waals surface area contributed by atoms with E-state index in [1.807, 2.05) is 6.92 Å². The lowest BCUT2D eigenvalue weighted by atomic mass is 10.1. The standard InChI is InChI=1S/C9H6BrNO/c1-6-2-3-7(4-8(6)10)9(12)5-11/h2-4H,1H3. The van der Waals surface area contributed by atoms with Crippen molar-refractivity contribution in [3.63, 3.8) is 0 Å². The lowest BCUT2D eigenvalue weighted by molar-refractivity contribution is 0.105. The molecular formula is C9H6BrNO. The molecule has 0 aliphatic rings. The van der Waals surface area contributed by atoms with Gasteiger partial charge in [-0.05, 0) is 24.6 Å². The van der Waals surface area contributed by atoms with Gasteiger partial charge < -0.3 is 0 Å². The van der Waals surface area contributed by atoms with E-state index in [1.54, 1.807) is 24.3 Å². The third-order valence-electron chi connectivity index (χ3n) is 1.54. The lowest BCUT2D eigenvalue weighted by Crippen LogP contribution is -1.94. The number of ketones is 1. The highest BCUT2D eigenvalue weighted by atomic mass is 79.9. The van der Waals surface area contributed by atoms with E-state index in [0.717, 1.165) is 10.0 Å². The van der Waals surface area contributed by atoms with E-state index in [0.29, 0.717) is 5.56 Å². The molecule has 0 aliphatic carbocycles. The van der Waals surface area contributed by atoms with Gasteiger partial charge in [-0.2, -0.15) is 5.26 Å². The largest absolute Gasteiger partial charge is 0.277 e. The zero-order valence-corrected chi connectivity index (χ0v) is 8.05. The second-order valence-corrected chi connectivity index (χ2v) is 3.26. The summed E-state index contributed by atoms with van der Waals surface area (Å²) in [5, 5.41) is 8.33. The number of rotatable bonds is 1. The highest BCUT2D eigenvalue weighted by Crippen LogP contribution is 2.17. The van der Waals surface area contributed by atoms with Crippen LogP contribution in [-0.2, 0) is 0 Å². The summed E-state index contributed by atoms with van der Waals surface area (Å²) in [6.45, 7) is 1.92. The maximum Gasteiger partial charge on any atom is 0.262 e. The van der Waals surface area contributed by atoms with Crippen LogP contribution < -0.4 is 0 Å². The zero-order valence-electron chi connectivity index (χ0n) is 6.47. The Morgan fingerprint density at radius 3 is 2.75 bits per heavy atom. The van der Waals surface area contributed by atoms with Crippen molar-refractivity contribution in [3.8, 4) is 6.07 Å². The quantitative estimate of drug-likeness (QED) is 0.543. The number of nitriles is 1. The molecule has 0 unspecified atom stereocenters. The molecule has 0 saturated carbocycles. The summed E-state index contributed by atoms with van der Waals surface area (Å²) in [6.07, 6.45) is 0. The average Bonchev–Trinajstić information content (AvgIpc) is 2.08. The zero-order chi connectivity index (χ0) is 9.14. The van der Waals surface area contributed by atoms with Gasteiger partial charge in [0.2, 0.25) is 0 Å². The molecule has 0 saturated heterocycles. The number of Topliss-reactive ketones (excluding diaryl/α,β-unsaturated/α-hetero) is 1. The molecular weight excluding hydrogens is 218 g/mol. The fourth-order valence-electron chi connectivity index (χ4n) is 0.799. The highest BCUT2D eigenvalue weighted by molar-refractivity contribution is 9.10. The van der Waals surface area contributed by atoms with E-state index in [1.165, 1.54) is 0 Å². The van der Waals surface area contributed by atoms with Gasteiger partial charge in [-0.15, -0.1) is 0 Å². The van der Waals surface area contributed by atoms with Crippen molar-refractivity contribution in [1.82, 2.24) is 0 Å². The van der Waals surface area contributed by atoms with Gasteiger partial charge in [0.1, 0.15) is 6.07 Å². The van der Waals surface area contributed by atoms with Gasteiger partial charge in [-0.25, -0.2) is 0 Å². The smallest absolute Gasteiger partial charge is 0.262 e. The Hall–Kier alpha value is -1.14. The number of aryl methyl sites for hydroxylation is 1. The predicted molar refractivity (Wildman–Crippen MR) is 48.8 cm³/mol. The van der Waals surface area contributed by atoms with Crippen molar-refractivity contribution < 1.29 is 4.79 Å². The third-order valence-corrected chi connectivity index (χ3v) is 2.39. The van der Waals surface area contributed by atoms with Crippen LogP contribution in [0.5, 0.6) is 0 Å². The molecule has 12 heavy (non-hydrogen) atoms. The van der Waals surface area contributed by atoms with Crippen LogP contribution >= 0.6 is 15.9 Å². The van der Waals surface area contributed by atoms with Crippen LogP contribution in [0.2, 0.25) is 0 Å². The summed E-state index contributed by atoms with van der Waals surface area (Å²) >= 11 is 3.28. The first-order valence-electron chi connectivity index (χ1n) is 3.35. The van der Waals surface area contributed by atoms with Crippen LogP contribution in [0.3, 0.4) is 0 Å². The minimum Gasteiger partial charge on any atom is -0.277 e. The summed E-state index contributed by atoms with van der Waals surface area (Å²) in [7, 11) is 0. The molecule has 1 rings (SSSR count). The van der Waals surface area contributed by atoms with Gasteiger partial charge in [0.15, 0.2) is 0 Å². The van der Waals surface area contributed by atoms with Gasteiger partial charge in [0.25, 0.3) is 5.78 Å². The molecule has 0 fully saturated rings. The molecule has 0 atom stereocenters. The molecule has 1 aromatic carbocycles. The van der Waals surface area contributed by atoms with Gasteiger partial charge in [0, 0.05) is 10.0 Å². The summed E-state index contributed by atoms with van der Waals surface area (Å²) in [5.74, 6) is -0.504. The minimum absolute atomic E-state index is 0.426. The Bertz CT molecular complexity index is 365. The monoisotopic (exact) mass is 223 g/mol. The van der Waals surface area contributed by atoms with Crippen LogP contribution in [0.4, 0.5) is 0 Å². The second-order valence-electron chi connectivity index (χ2n) is 2.40. The molecule has 0 heterocycles. The van der Waals surface area contributed by atoms with Gasteiger partial charge in [-0.1, -0.05) is 22.0 Å². The Labute approximate surface area is 78.9 Å². The van der Waals surface area contributed by atoms with Crippen molar-refractivity contribution >= 4 is 21.7 Å². The maximum absolute atomic E-state index is 10.9.